The van der Waals surface area contributed by atoms with Crippen LogP contribution in [0.1, 0.15) is 36.3 Å². The average Bonchev–Trinajstić information content (AvgIpc) is 3.25. The molecule has 0 radical (unpaired) electrons. The molecule has 1 saturated carbocycles. The molecule has 1 atom stereocenters. The van der Waals surface area contributed by atoms with Gasteiger partial charge in [-0.15, -0.1) is 0 Å². The first-order valence-electron chi connectivity index (χ1n) is 8.29. The predicted octanol–water partition coefficient (Wildman–Crippen LogP) is 3.87. The maximum absolute atomic E-state index is 13.1. The van der Waals surface area contributed by atoms with Crippen molar-refractivity contribution >= 4 is 5.91 Å². The summed E-state index contributed by atoms with van der Waals surface area (Å²) in [4.78, 5) is 15.0. The Hall–Kier alpha value is -2.16. The zero-order valence-electron chi connectivity index (χ0n) is 13.0. The third kappa shape index (κ3) is 2.54. The number of hydrogen-bond acceptors (Lipinski definition) is 1. The first kappa shape index (κ1) is 14.4. The van der Waals surface area contributed by atoms with Crippen LogP contribution in [0.5, 0.6) is 0 Å². The number of hydrogen-bond donors (Lipinski definition) is 0. The van der Waals surface area contributed by atoms with Crippen molar-refractivity contribution in [1.82, 2.24) is 4.90 Å². The monoisotopic (exact) mass is 309 g/mol. The van der Waals surface area contributed by atoms with Crippen molar-refractivity contribution in [3.63, 3.8) is 0 Å². The Labute approximate surface area is 135 Å². The van der Waals surface area contributed by atoms with Crippen LogP contribution >= 0.6 is 0 Å². The van der Waals surface area contributed by atoms with E-state index in [1.165, 1.54) is 17.7 Å². The minimum absolute atomic E-state index is 0.225. The zero-order valence-corrected chi connectivity index (χ0v) is 13.0. The lowest BCUT2D eigenvalue weighted by Gasteiger charge is -2.23. The maximum Gasteiger partial charge on any atom is 0.233 e. The summed E-state index contributed by atoms with van der Waals surface area (Å²) in [7, 11) is 0. The molecule has 2 fully saturated rings. The van der Waals surface area contributed by atoms with E-state index in [0.29, 0.717) is 5.92 Å². The number of amides is 1. The van der Waals surface area contributed by atoms with Crippen molar-refractivity contribution in [1.29, 1.82) is 0 Å². The number of carbonyl (C=O) groups is 1. The second-order valence-electron chi connectivity index (χ2n) is 6.74. The molecule has 0 aromatic heterocycles. The SMILES string of the molecule is O=C(N1CCC(c2ccccc2)C1)C1(c2ccc(F)cc2)CC1. The molecule has 2 aliphatic rings. The lowest BCUT2D eigenvalue weighted by atomic mass is 9.94. The highest BCUT2D eigenvalue weighted by atomic mass is 19.1. The van der Waals surface area contributed by atoms with Crippen LogP contribution in [0.4, 0.5) is 4.39 Å². The van der Waals surface area contributed by atoms with Crippen LogP contribution in [-0.4, -0.2) is 23.9 Å². The molecule has 0 spiro atoms. The first-order chi connectivity index (χ1) is 11.2. The van der Waals surface area contributed by atoms with Crippen LogP contribution in [0.15, 0.2) is 54.6 Å². The van der Waals surface area contributed by atoms with Crippen LogP contribution in [0, 0.1) is 5.82 Å². The molecular weight excluding hydrogens is 289 g/mol. The Balaban J connectivity index is 1.51. The number of halogens is 1. The Morgan fingerprint density at radius 2 is 1.74 bits per heavy atom. The van der Waals surface area contributed by atoms with Gasteiger partial charge in [-0.25, -0.2) is 4.39 Å². The van der Waals surface area contributed by atoms with Crippen molar-refractivity contribution in [2.75, 3.05) is 13.1 Å². The fourth-order valence-electron chi connectivity index (χ4n) is 3.76. The molecule has 1 amide bonds. The predicted molar refractivity (Wildman–Crippen MR) is 87.7 cm³/mol. The number of benzene rings is 2. The first-order valence-corrected chi connectivity index (χ1v) is 8.29. The van der Waals surface area contributed by atoms with Gasteiger partial charge in [0.1, 0.15) is 5.82 Å². The molecule has 3 heteroatoms. The summed E-state index contributed by atoms with van der Waals surface area (Å²) in [6.07, 6.45) is 2.78. The van der Waals surface area contributed by atoms with E-state index in [1.807, 2.05) is 11.0 Å². The zero-order chi connectivity index (χ0) is 15.9. The fraction of sp³-hybridized carbons (Fsp3) is 0.350. The molecule has 118 valence electrons. The van der Waals surface area contributed by atoms with E-state index in [1.54, 1.807) is 12.1 Å². The van der Waals surface area contributed by atoms with E-state index in [-0.39, 0.29) is 17.1 Å². The van der Waals surface area contributed by atoms with E-state index in [0.717, 1.165) is 37.9 Å². The van der Waals surface area contributed by atoms with Crippen LogP contribution in [0.25, 0.3) is 0 Å². The molecule has 1 aliphatic heterocycles. The largest absolute Gasteiger partial charge is 0.341 e. The fourth-order valence-corrected chi connectivity index (χ4v) is 3.76. The van der Waals surface area contributed by atoms with Gasteiger partial charge in [0.25, 0.3) is 0 Å². The highest BCUT2D eigenvalue weighted by molar-refractivity contribution is 5.91. The Morgan fingerprint density at radius 3 is 2.39 bits per heavy atom. The number of likely N-dealkylation sites (tertiary alicyclic amines) is 1. The van der Waals surface area contributed by atoms with Crippen molar-refractivity contribution in [3.8, 4) is 0 Å². The second-order valence-corrected chi connectivity index (χ2v) is 6.74. The highest BCUT2D eigenvalue weighted by Crippen LogP contribution is 2.50. The van der Waals surface area contributed by atoms with E-state index in [4.69, 9.17) is 0 Å². The van der Waals surface area contributed by atoms with Crippen LogP contribution < -0.4 is 0 Å². The van der Waals surface area contributed by atoms with Crippen molar-refractivity contribution in [2.45, 2.75) is 30.6 Å². The van der Waals surface area contributed by atoms with Gasteiger partial charge in [-0.05, 0) is 42.5 Å². The summed E-state index contributed by atoms with van der Waals surface area (Å²) >= 11 is 0. The smallest absolute Gasteiger partial charge is 0.233 e. The van der Waals surface area contributed by atoms with Gasteiger partial charge in [0.05, 0.1) is 5.41 Å². The highest BCUT2D eigenvalue weighted by Gasteiger charge is 2.53. The summed E-state index contributed by atoms with van der Waals surface area (Å²) in [5.41, 5.74) is 1.89. The number of rotatable bonds is 3. The van der Waals surface area contributed by atoms with Crippen LogP contribution in [0.3, 0.4) is 0 Å². The Morgan fingerprint density at radius 1 is 1.04 bits per heavy atom. The topological polar surface area (TPSA) is 20.3 Å². The molecule has 2 nitrogen and oxygen atoms in total. The maximum atomic E-state index is 13.1. The molecule has 2 aromatic rings. The van der Waals surface area contributed by atoms with Crippen molar-refractivity contribution in [2.24, 2.45) is 0 Å². The number of carbonyl (C=O) groups excluding carboxylic acids is 1. The summed E-state index contributed by atoms with van der Waals surface area (Å²) in [6, 6.07) is 16.9. The van der Waals surface area contributed by atoms with Gasteiger partial charge in [-0.2, -0.15) is 0 Å². The van der Waals surface area contributed by atoms with Gasteiger partial charge < -0.3 is 4.90 Å². The van der Waals surface area contributed by atoms with Gasteiger partial charge in [-0.3, -0.25) is 4.79 Å². The van der Waals surface area contributed by atoms with Gasteiger partial charge in [0.15, 0.2) is 0 Å². The standard InChI is InChI=1S/C20H20FNO/c21-18-8-6-17(7-9-18)20(11-12-20)19(23)22-13-10-16(14-22)15-4-2-1-3-5-15/h1-9,16H,10-14H2. The van der Waals surface area contributed by atoms with Crippen molar-refractivity contribution in [3.05, 3.63) is 71.5 Å². The second kappa shape index (κ2) is 5.48. The summed E-state index contributed by atoms with van der Waals surface area (Å²) < 4.78 is 13.1. The van der Waals surface area contributed by atoms with Gasteiger partial charge >= 0.3 is 0 Å². The lowest BCUT2D eigenvalue weighted by Crippen LogP contribution is -2.37. The lowest BCUT2D eigenvalue weighted by molar-refractivity contribution is -0.132. The summed E-state index contributed by atoms with van der Waals surface area (Å²) in [5, 5.41) is 0. The van der Waals surface area contributed by atoms with E-state index >= 15 is 0 Å². The minimum atomic E-state index is -0.390. The molecule has 0 bridgehead atoms. The van der Waals surface area contributed by atoms with Crippen molar-refractivity contribution < 1.29 is 9.18 Å². The van der Waals surface area contributed by atoms with E-state index < -0.39 is 0 Å². The molecule has 1 saturated heterocycles. The van der Waals surface area contributed by atoms with Gasteiger partial charge in [-0.1, -0.05) is 42.5 Å². The van der Waals surface area contributed by atoms with Crippen LogP contribution in [0.2, 0.25) is 0 Å². The normalized spacial score (nSPS) is 22.1. The third-order valence-corrected chi connectivity index (χ3v) is 5.30. The molecule has 1 heterocycles. The Bertz CT molecular complexity index is 706. The quantitative estimate of drug-likeness (QED) is 0.843. The summed E-state index contributed by atoms with van der Waals surface area (Å²) in [5.74, 6) is 0.411. The average molecular weight is 309 g/mol. The minimum Gasteiger partial charge on any atom is -0.341 e. The molecule has 1 aliphatic carbocycles. The molecular formula is C20H20FNO. The van der Waals surface area contributed by atoms with E-state index in [9.17, 15) is 9.18 Å². The number of nitrogens with zero attached hydrogens (tertiary/aromatic N) is 1. The Kier molecular flexibility index (Phi) is 3.44. The van der Waals surface area contributed by atoms with Gasteiger partial charge in [0.2, 0.25) is 5.91 Å². The third-order valence-electron chi connectivity index (χ3n) is 5.30. The molecule has 1 unspecified atom stereocenters. The molecule has 0 N–H and O–H groups in total. The van der Waals surface area contributed by atoms with Gasteiger partial charge in [0, 0.05) is 19.0 Å². The van der Waals surface area contributed by atoms with Crippen LogP contribution in [-0.2, 0) is 10.2 Å². The molecule has 4 rings (SSSR count). The van der Waals surface area contributed by atoms with E-state index in [2.05, 4.69) is 24.3 Å². The summed E-state index contributed by atoms with van der Waals surface area (Å²) in [6.45, 7) is 1.62. The molecule has 23 heavy (non-hydrogen) atoms. The molecule has 2 aromatic carbocycles.